The average Bonchev–Trinajstić information content (AvgIpc) is 3.40. The van der Waals surface area contributed by atoms with Crippen molar-refractivity contribution in [2.75, 3.05) is 14.2 Å². The smallest absolute Gasteiger partial charge is 0.228 e. The second-order valence-electron chi connectivity index (χ2n) is 9.38. The van der Waals surface area contributed by atoms with Crippen molar-refractivity contribution in [2.45, 2.75) is 12.8 Å². The van der Waals surface area contributed by atoms with Crippen LogP contribution in [0.5, 0.6) is 23.1 Å². The minimum absolute atomic E-state index is 0.231. The first-order valence-corrected chi connectivity index (χ1v) is 12.4. The molecule has 1 aliphatic heterocycles. The Hall–Kier alpha value is -4.91. The van der Waals surface area contributed by atoms with Gasteiger partial charge in [0.25, 0.3) is 0 Å². The summed E-state index contributed by atoms with van der Waals surface area (Å²) in [5.41, 5.74) is 5.75. The van der Waals surface area contributed by atoms with Gasteiger partial charge in [0.2, 0.25) is 5.88 Å². The maximum absolute atomic E-state index is 6.43. The van der Waals surface area contributed by atoms with Gasteiger partial charge in [-0.2, -0.15) is 0 Å². The zero-order valence-electron chi connectivity index (χ0n) is 21.2. The van der Waals surface area contributed by atoms with Crippen LogP contribution in [0.3, 0.4) is 0 Å². The van der Waals surface area contributed by atoms with E-state index < -0.39 is 0 Å². The third kappa shape index (κ3) is 3.39. The minimum atomic E-state index is -0.231. The van der Waals surface area contributed by atoms with Crippen LogP contribution in [0.1, 0.15) is 28.2 Å². The van der Waals surface area contributed by atoms with E-state index in [0.717, 1.165) is 38.8 Å². The number of fused-ring (bicyclic) bond motifs is 6. The van der Waals surface area contributed by atoms with Crippen LogP contribution in [0.15, 0.2) is 85.2 Å². The number of rotatable bonds is 4. The lowest BCUT2D eigenvalue weighted by Gasteiger charge is -2.29. The molecule has 0 unspecified atom stereocenters. The molecular formula is C31H24N4O3. The first kappa shape index (κ1) is 22.3. The van der Waals surface area contributed by atoms with Gasteiger partial charge in [-0.1, -0.05) is 66.2 Å². The Bertz CT molecular complexity index is 1840. The summed E-state index contributed by atoms with van der Waals surface area (Å²) in [5.74, 6) is 3.01. The molecule has 4 aromatic carbocycles. The topological polar surface area (TPSA) is 70.8 Å². The normalized spacial score (nSPS) is 14.1. The number of hydrogen-bond acceptors (Lipinski definition) is 6. The molecule has 7 nitrogen and oxygen atoms in total. The highest BCUT2D eigenvalue weighted by atomic mass is 16.5. The van der Waals surface area contributed by atoms with E-state index in [1.54, 1.807) is 25.1 Å². The number of methoxy groups -OCH3 is 2. The van der Waals surface area contributed by atoms with Crippen LogP contribution in [0.25, 0.3) is 27.8 Å². The van der Waals surface area contributed by atoms with Crippen LogP contribution < -0.4 is 14.2 Å². The molecule has 3 heterocycles. The van der Waals surface area contributed by atoms with Crippen molar-refractivity contribution >= 4 is 16.4 Å². The number of benzene rings is 4. The summed E-state index contributed by atoms with van der Waals surface area (Å²) in [6.07, 6.45) is 1.66. The number of nitrogens with zero attached hydrogens (tertiary/aromatic N) is 4. The molecule has 0 aliphatic carbocycles. The Labute approximate surface area is 219 Å². The Balaban J connectivity index is 1.53. The maximum atomic E-state index is 6.43. The van der Waals surface area contributed by atoms with Gasteiger partial charge in [-0.15, -0.1) is 5.10 Å². The summed E-state index contributed by atoms with van der Waals surface area (Å²) in [4.78, 5) is 9.69. The van der Waals surface area contributed by atoms with Gasteiger partial charge in [-0.3, -0.25) is 0 Å². The summed E-state index contributed by atoms with van der Waals surface area (Å²) in [5, 5.41) is 7.01. The average molecular weight is 501 g/mol. The zero-order chi connectivity index (χ0) is 25.8. The van der Waals surface area contributed by atoms with Gasteiger partial charge in [0.15, 0.2) is 23.0 Å². The minimum Gasteiger partial charge on any atom is -0.493 e. The second kappa shape index (κ2) is 8.59. The molecule has 1 aliphatic rings. The number of aryl methyl sites for hydroxylation is 1. The lowest BCUT2D eigenvalue weighted by molar-refractivity contribution is 0.354. The molecule has 0 saturated heterocycles. The van der Waals surface area contributed by atoms with Gasteiger partial charge in [0, 0.05) is 17.0 Å². The quantitative estimate of drug-likeness (QED) is 0.273. The molecule has 0 radical (unpaired) electrons. The summed E-state index contributed by atoms with van der Waals surface area (Å²) in [7, 11) is 3.29. The molecular weight excluding hydrogens is 476 g/mol. The number of hydrogen-bond donors (Lipinski definition) is 0. The third-order valence-corrected chi connectivity index (χ3v) is 7.15. The van der Waals surface area contributed by atoms with Crippen LogP contribution >= 0.6 is 0 Å². The largest absolute Gasteiger partial charge is 0.493 e. The molecule has 186 valence electrons. The predicted octanol–water partition coefficient (Wildman–Crippen LogP) is 6.56. The second-order valence-corrected chi connectivity index (χ2v) is 9.38. The number of aromatic nitrogens is 4. The van der Waals surface area contributed by atoms with Gasteiger partial charge in [-0.25, -0.2) is 14.5 Å². The van der Waals surface area contributed by atoms with Crippen molar-refractivity contribution in [1.29, 1.82) is 0 Å². The summed E-state index contributed by atoms with van der Waals surface area (Å²) in [6.45, 7) is 2.06. The van der Waals surface area contributed by atoms with Gasteiger partial charge >= 0.3 is 0 Å². The molecule has 7 rings (SSSR count). The van der Waals surface area contributed by atoms with E-state index in [0.29, 0.717) is 28.9 Å². The van der Waals surface area contributed by atoms with E-state index >= 15 is 0 Å². The maximum Gasteiger partial charge on any atom is 0.228 e. The molecule has 0 saturated carbocycles. The van der Waals surface area contributed by atoms with Crippen molar-refractivity contribution in [2.24, 2.45) is 0 Å². The highest BCUT2D eigenvalue weighted by molar-refractivity contribution is 5.91. The van der Waals surface area contributed by atoms with E-state index in [2.05, 4.69) is 54.4 Å². The van der Waals surface area contributed by atoms with Gasteiger partial charge in [-0.05, 0) is 41.5 Å². The van der Waals surface area contributed by atoms with Gasteiger partial charge in [0.05, 0.1) is 19.8 Å². The molecule has 6 aromatic rings. The van der Waals surface area contributed by atoms with Crippen molar-refractivity contribution < 1.29 is 14.2 Å². The fourth-order valence-electron chi connectivity index (χ4n) is 5.30. The fourth-order valence-corrected chi connectivity index (χ4v) is 5.30. The Kier molecular flexibility index (Phi) is 5.04. The first-order valence-electron chi connectivity index (χ1n) is 12.4. The Morgan fingerprint density at radius 3 is 2.47 bits per heavy atom. The van der Waals surface area contributed by atoms with Crippen LogP contribution in [0, 0.1) is 6.92 Å². The van der Waals surface area contributed by atoms with Gasteiger partial charge < -0.3 is 14.2 Å². The third-order valence-electron chi connectivity index (χ3n) is 7.15. The summed E-state index contributed by atoms with van der Waals surface area (Å²) >= 11 is 0. The molecule has 0 amide bonds. The lowest BCUT2D eigenvalue weighted by atomic mass is 9.81. The van der Waals surface area contributed by atoms with Crippen LogP contribution in [0.2, 0.25) is 0 Å². The number of ether oxygens (including phenoxy) is 3. The Morgan fingerprint density at radius 2 is 1.66 bits per heavy atom. The Morgan fingerprint density at radius 1 is 0.842 bits per heavy atom. The standard InChI is InChI=1S/C31H24N4O3/c1-18-8-10-20(11-9-18)29-33-30-28-26(21-13-14-23(36-2)25(16-21)37-3)27-22-7-5-4-6-19(22)12-15-24(27)38-31(28)32-17-35(30)34-29/h4-17,26H,1-3H3/t26-/m0/s1. The summed E-state index contributed by atoms with van der Waals surface area (Å²) in [6, 6.07) is 26.6. The SMILES string of the molecule is COc1ccc([C@H]2c3c(ccc4ccccc34)Oc3ncn4nc(-c5ccc(C)cc5)nc4c32)cc1OC. The molecule has 38 heavy (non-hydrogen) atoms. The van der Waals surface area contributed by atoms with E-state index in [4.69, 9.17) is 24.3 Å². The van der Waals surface area contributed by atoms with Crippen molar-refractivity contribution in [1.82, 2.24) is 19.6 Å². The predicted molar refractivity (Wildman–Crippen MR) is 145 cm³/mol. The molecule has 0 fully saturated rings. The van der Waals surface area contributed by atoms with Crippen molar-refractivity contribution in [3.05, 3.63) is 107 Å². The molecule has 1 atom stereocenters. The molecule has 0 spiro atoms. The van der Waals surface area contributed by atoms with E-state index in [-0.39, 0.29) is 5.92 Å². The highest BCUT2D eigenvalue weighted by Crippen LogP contribution is 2.51. The van der Waals surface area contributed by atoms with Crippen LogP contribution in [0.4, 0.5) is 0 Å². The molecule has 0 bridgehead atoms. The monoisotopic (exact) mass is 500 g/mol. The fraction of sp³-hybridized carbons (Fsp3) is 0.129. The van der Waals surface area contributed by atoms with E-state index in [1.165, 1.54) is 5.56 Å². The van der Waals surface area contributed by atoms with E-state index in [1.807, 2.05) is 36.4 Å². The van der Waals surface area contributed by atoms with E-state index in [9.17, 15) is 0 Å². The molecule has 2 aromatic heterocycles. The lowest BCUT2D eigenvalue weighted by Crippen LogP contribution is -2.15. The zero-order valence-corrected chi connectivity index (χ0v) is 21.2. The van der Waals surface area contributed by atoms with Crippen LogP contribution in [-0.4, -0.2) is 33.8 Å². The van der Waals surface area contributed by atoms with Crippen LogP contribution in [-0.2, 0) is 0 Å². The molecule has 7 heteroatoms. The first-order chi connectivity index (χ1) is 18.6. The van der Waals surface area contributed by atoms with Gasteiger partial charge in [0.1, 0.15) is 12.1 Å². The van der Waals surface area contributed by atoms with Crippen molar-refractivity contribution in [3.8, 4) is 34.5 Å². The summed E-state index contributed by atoms with van der Waals surface area (Å²) < 4.78 is 19.4. The molecule has 0 N–H and O–H groups in total. The van der Waals surface area contributed by atoms with Crippen molar-refractivity contribution in [3.63, 3.8) is 0 Å². The highest BCUT2D eigenvalue weighted by Gasteiger charge is 2.35.